The van der Waals surface area contributed by atoms with Gasteiger partial charge in [0.2, 0.25) is 0 Å². The molecule has 0 bridgehead atoms. The molecular weight excluding hydrogens is 448 g/mol. The third kappa shape index (κ3) is 11.9. The monoisotopic (exact) mass is 494 g/mol. The normalized spacial score (nSPS) is 11.8. The van der Waals surface area contributed by atoms with Gasteiger partial charge in [-0.25, -0.2) is 9.59 Å². The van der Waals surface area contributed by atoms with Crippen LogP contribution in [-0.2, 0) is 11.2 Å². The van der Waals surface area contributed by atoms with E-state index in [1.54, 1.807) is 24.3 Å². The summed E-state index contributed by atoms with van der Waals surface area (Å²) in [5.41, 5.74) is 2.23. The van der Waals surface area contributed by atoms with Crippen LogP contribution >= 0.6 is 0 Å². The molecule has 1 unspecified atom stereocenters. The van der Waals surface area contributed by atoms with Crippen LogP contribution in [0.15, 0.2) is 48.5 Å². The SMILES string of the molecule is CCCCCCCCc1ccc(C(=O)Oc2ccc(C(=O)OC(C)CCCCCCCC)cc2)cc1. The van der Waals surface area contributed by atoms with Crippen LogP contribution in [-0.4, -0.2) is 18.0 Å². The zero-order valence-electron chi connectivity index (χ0n) is 22.7. The minimum atomic E-state index is -0.399. The van der Waals surface area contributed by atoms with Crippen molar-refractivity contribution in [1.29, 1.82) is 0 Å². The predicted octanol–water partition coefficient (Wildman–Crippen LogP) is 9.10. The van der Waals surface area contributed by atoms with Crippen molar-refractivity contribution in [2.24, 2.45) is 0 Å². The molecule has 36 heavy (non-hydrogen) atoms. The fraction of sp³-hybridized carbons (Fsp3) is 0.562. The second kappa shape index (κ2) is 17.8. The highest BCUT2D eigenvalue weighted by atomic mass is 16.5. The summed E-state index contributed by atoms with van der Waals surface area (Å²) >= 11 is 0. The lowest BCUT2D eigenvalue weighted by Crippen LogP contribution is -2.15. The number of esters is 2. The van der Waals surface area contributed by atoms with Crippen LogP contribution in [0.5, 0.6) is 5.75 Å². The van der Waals surface area contributed by atoms with Crippen LogP contribution in [0.4, 0.5) is 0 Å². The van der Waals surface area contributed by atoms with Gasteiger partial charge in [0.05, 0.1) is 17.2 Å². The van der Waals surface area contributed by atoms with Gasteiger partial charge in [0.15, 0.2) is 0 Å². The maximum atomic E-state index is 12.5. The van der Waals surface area contributed by atoms with E-state index in [1.807, 2.05) is 31.2 Å². The predicted molar refractivity (Wildman–Crippen MR) is 148 cm³/mol. The van der Waals surface area contributed by atoms with E-state index in [9.17, 15) is 9.59 Å². The van der Waals surface area contributed by atoms with Crippen LogP contribution < -0.4 is 4.74 Å². The molecule has 0 saturated carbocycles. The van der Waals surface area contributed by atoms with E-state index in [2.05, 4.69) is 13.8 Å². The molecule has 0 spiro atoms. The Hall–Kier alpha value is -2.62. The summed E-state index contributed by atoms with van der Waals surface area (Å²) in [7, 11) is 0. The van der Waals surface area contributed by atoms with Crippen molar-refractivity contribution in [1.82, 2.24) is 0 Å². The summed E-state index contributed by atoms with van der Waals surface area (Å²) in [6.07, 6.45) is 16.8. The van der Waals surface area contributed by atoms with Gasteiger partial charge in [-0.3, -0.25) is 0 Å². The number of aryl methyl sites for hydroxylation is 1. The van der Waals surface area contributed by atoms with Crippen LogP contribution in [0.3, 0.4) is 0 Å². The van der Waals surface area contributed by atoms with Crippen molar-refractivity contribution in [2.45, 2.75) is 117 Å². The lowest BCUT2D eigenvalue weighted by atomic mass is 10.0. The summed E-state index contributed by atoms with van der Waals surface area (Å²) < 4.78 is 11.1. The number of hydrogen-bond donors (Lipinski definition) is 0. The van der Waals surface area contributed by atoms with Crippen molar-refractivity contribution >= 4 is 11.9 Å². The summed E-state index contributed by atoms with van der Waals surface area (Å²) in [6, 6.07) is 14.2. The number of carbonyl (C=O) groups is 2. The summed E-state index contributed by atoms with van der Waals surface area (Å²) in [4.78, 5) is 24.9. The zero-order chi connectivity index (χ0) is 26.0. The lowest BCUT2D eigenvalue weighted by molar-refractivity contribution is 0.0319. The maximum absolute atomic E-state index is 12.5. The Morgan fingerprint density at radius 1 is 0.639 bits per heavy atom. The van der Waals surface area contributed by atoms with Gasteiger partial charge in [0.1, 0.15) is 5.75 Å². The second-order valence-corrected chi connectivity index (χ2v) is 9.90. The van der Waals surface area contributed by atoms with Crippen LogP contribution in [0.1, 0.15) is 131 Å². The van der Waals surface area contributed by atoms with Gasteiger partial charge in [0, 0.05) is 0 Å². The summed E-state index contributed by atoms with van der Waals surface area (Å²) in [5, 5.41) is 0. The highest BCUT2D eigenvalue weighted by Gasteiger charge is 2.13. The Morgan fingerprint density at radius 3 is 1.75 bits per heavy atom. The van der Waals surface area contributed by atoms with Gasteiger partial charge >= 0.3 is 11.9 Å². The molecule has 0 amide bonds. The molecule has 0 aliphatic heterocycles. The zero-order valence-corrected chi connectivity index (χ0v) is 22.7. The van der Waals surface area contributed by atoms with Gasteiger partial charge in [-0.15, -0.1) is 0 Å². The molecule has 2 aromatic rings. The number of ether oxygens (including phenoxy) is 2. The quantitative estimate of drug-likeness (QED) is 0.118. The first-order valence-corrected chi connectivity index (χ1v) is 14.2. The topological polar surface area (TPSA) is 52.6 Å². The third-order valence-corrected chi connectivity index (χ3v) is 6.58. The highest BCUT2D eigenvalue weighted by molar-refractivity contribution is 5.92. The number of carbonyl (C=O) groups excluding carboxylic acids is 2. The molecule has 2 aromatic carbocycles. The highest BCUT2D eigenvalue weighted by Crippen LogP contribution is 2.18. The van der Waals surface area contributed by atoms with Gasteiger partial charge in [-0.2, -0.15) is 0 Å². The number of benzene rings is 2. The first-order chi connectivity index (χ1) is 17.5. The van der Waals surface area contributed by atoms with Gasteiger partial charge in [-0.05, 0) is 74.6 Å². The van der Waals surface area contributed by atoms with E-state index in [0.29, 0.717) is 16.9 Å². The summed E-state index contributed by atoms with van der Waals surface area (Å²) in [5.74, 6) is -0.329. The Labute approximate surface area is 218 Å². The van der Waals surface area contributed by atoms with Crippen molar-refractivity contribution in [2.75, 3.05) is 0 Å². The van der Waals surface area contributed by atoms with Gasteiger partial charge in [-0.1, -0.05) is 90.2 Å². The maximum Gasteiger partial charge on any atom is 0.343 e. The molecule has 4 heteroatoms. The van der Waals surface area contributed by atoms with Gasteiger partial charge < -0.3 is 9.47 Å². The van der Waals surface area contributed by atoms with Crippen molar-refractivity contribution in [3.8, 4) is 5.75 Å². The molecule has 0 N–H and O–H groups in total. The molecule has 0 radical (unpaired) electrons. The van der Waals surface area contributed by atoms with E-state index >= 15 is 0 Å². The van der Waals surface area contributed by atoms with E-state index in [1.165, 1.54) is 76.2 Å². The van der Waals surface area contributed by atoms with Crippen LogP contribution in [0.25, 0.3) is 0 Å². The molecule has 0 heterocycles. The first-order valence-electron chi connectivity index (χ1n) is 14.2. The average Bonchev–Trinajstić information content (AvgIpc) is 2.89. The second-order valence-electron chi connectivity index (χ2n) is 9.90. The molecule has 0 aliphatic carbocycles. The smallest absolute Gasteiger partial charge is 0.343 e. The Kier molecular flexibility index (Phi) is 14.6. The minimum absolute atomic E-state index is 0.106. The average molecular weight is 495 g/mol. The standard InChI is InChI=1S/C32H46O4/c1-4-6-8-10-12-14-16-26(3)35-31(33)29-22-24-30(25-23-29)36-32(34)28-20-18-27(19-21-28)17-15-13-11-9-7-5-2/h18-26H,4-17H2,1-3H3. The lowest BCUT2D eigenvalue weighted by Gasteiger charge is -2.13. The number of rotatable bonds is 18. The first kappa shape index (κ1) is 29.6. The molecular formula is C32H46O4. The Morgan fingerprint density at radius 2 is 1.14 bits per heavy atom. The van der Waals surface area contributed by atoms with Gasteiger partial charge in [0.25, 0.3) is 0 Å². The fourth-order valence-electron chi connectivity index (χ4n) is 4.26. The Balaban J connectivity index is 1.72. The van der Waals surface area contributed by atoms with E-state index in [-0.39, 0.29) is 12.1 Å². The van der Waals surface area contributed by atoms with E-state index in [0.717, 1.165) is 19.3 Å². The van der Waals surface area contributed by atoms with E-state index < -0.39 is 5.97 Å². The van der Waals surface area contributed by atoms with Crippen molar-refractivity contribution in [3.05, 3.63) is 65.2 Å². The molecule has 0 aliphatic rings. The molecule has 198 valence electrons. The summed E-state index contributed by atoms with van der Waals surface area (Å²) in [6.45, 7) is 6.39. The largest absolute Gasteiger partial charge is 0.459 e. The molecule has 0 fully saturated rings. The van der Waals surface area contributed by atoms with Crippen molar-refractivity contribution in [3.63, 3.8) is 0 Å². The van der Waals surface area contributed by atoms with Crippen LogP contribution in [0, 0.1) is 0 Å². The van der Waals surface area contributed by atoms with Crippen molar-refractivity contribution < 1.29 is 19.1 Å². The molecule has 0 aromatic heterocycles. The molecule has 0 saturated heterocycles. The number of hydrogen-bond acceptors (Lipinski definition) is 4. The Bertz CT molecular complexity index is 870. The third-order valence-electron chi connectivity index (χ3n) is 6.58. The molecule has 4 nitrogen and oxygen atoms in total. The minimum Gasteiger partial charge on any atom is -0.459 e. The van der Waals surface area contributed by atoms with Crippen LogP contribution in [0.2, 0.25) is 0 Å². The molecule has 1 atom stereocenters. The number of unbranched alkanes of at least 4 members (excludes halogenated alkanes) is 10. The van der Waals surface area contributed by atoms with E-state index in [4.69, 9.17) is 9.47 Å². The molecule has 2 rings (SSSR count). The fourth-order valence-corrected chi connectivity index (χ4v) is 4.26.